The van der Waals surface area contributed by atoms with Crippen LogP contribution < -0.4 is 0 Å². The van der Waals surface area contributed by atoms with Gasteiger partial charge in [0.15, 0.2) is 0 Å². The summed E-state index contributed by atoms with van der Waals surface area (Å²) in [7, 11) is 12.4. The van der Waals surface area contributed by atoms with Gasteiger partial charge in [0.1, 0.15) is 0 Å². The Morgan fingerprint density at radius 1 is 0.947 bits per heavy atom. The van der Waals surface area contributed by atoms with E-state index in [-0.39, 0.29) is 32.0 Å². The molecule has 102 valence electrons. The van der Waals surface area contributed by atoms with E-state index < -0.39 is 15.9 Å². The zero-order chi connectivity index (χ0) is 13.9. The molecule has 0 spiro atoms. The third-order valence-electron chi connectivity index (χ3n) is 2.28. The van der Waals surface area contributed by atoms with Crippen LogP contribution in [0.25, 0.3) is 0 Å². The van der Waals surface area contributed by atoms with E-state index in [9.17, 15) is 9.59 Å². The molecule has 2 aromatic heterocycles. The Morgan fingerprint density at radius 3 is 1.68 bits per heavy atom. The first-order valence-electron chi connectivity index (χ1n) is 5.29. The maximum atomic E-state index is 11.8. The van der Waals surface area contributed by atoms with E-state index in [2.05, 4.69) is 0 Å². The van der Waals surface area contributed by atoms with Crippen molar-refractivity contribution in [1.29, 1.82) is 0 Å². The third-order valence-corrected chi connectivity index (χ3v) is 9.11. The Hall–Kier alpha value is -0.730. The minimum absolute atomic E-state index is 0.0222. The number of halogens is 2. The Labute approximate surface area is 120 Å². The summed E-state index contributed by atoms with van der Waals surface area (Å²) in [5.41, 5.74) is 0. The molecule has 0 saturated carbocycles. The van der Waals surface area contributed by atoms with Gasteiger partial charge in [0.25, 0.3) is 0 Å². The van der Waals surface area contributed by atoms with E-state index in [4.69, 9.17) is 26.8 Å². The molecule has 0 unspecified atom stereocenters. The monoisotopic (exact) mass is 418 g/mol. The first-order valence-corrected chi connectivity index (χ1v) is 14.5. The maximum absolute atomic E-state index is 11.8. The van der Waals surface area contributed by atoms with E-state index in [0.717, 1.165) is 0 Å². The van der Waals surface area contributed by atoms with Crippen molar-refractivity contribution >= 4 is 45.4 Å². The molecule has 7 heteroatoms. The fourth-order valence-electron chi connectivity index (χ4n) is 1.45. The van der Waals surface area contributed by atoms with Gasteiger partial charge in [0.05, 0.1) is 0 Å². The number of ketones is 2. The van der Waals surface area contributed by atoms with E-state index in [1.54, 1.807) is 24.3 Å². The Morgan fingerprint density at radius 2 is 1.37 bits per heavy atom. The Bertz CT molecular complexity index is 510. The number of carbonyl (C=O) groups is 2. The number of rotatable bonds is 6. The van der Waals surface area contributed by atoms with E-state index in [1.807, 2.05) is 0 Å². The van der Waals surface area contributed by atoms with Gasteiger partial charge in [0.2, 0.25) is 0 Å². The molecule has 0 radical (unpaired) electrons. The van der Waals surface area contributed by atoms with Crippen molar-refractivity contribution in [2.45, 2.75) is 8.94 Å². The average molecular weight is 417 g/mol. The molecule has 19 heavy (non-hydrogen) atoms. The van der Waals surface area contributed by atoms with Crippen LogP contribution in [0.2, 0.25) is 8.94 Å². The predicted molar refractivity (Wildman–Crippen MR) is 73.2 cm³/mol. The molecule has 2 rings (SSSR count). The summed E-state index contributed by atoms with van der Waals surface area (Å²) >= 11 is -3.58. The van der Waals surface area contributed by atoms with E-state index in [1.165, 1.54) is 12.5 Å². The summed E-state index contributed by atoms with van der Waals surface area (Å²) in [5, 5.41) is 0. The standard InChI is InChI=1S/C12H10Cl2O4Te/c13-19(14,7-9(15)11-3-1-5-17-11)8-10(16)12-4-2-6-18-12/h1-6H,7-8H2. The van der Waals surface area contributed by atoms with Gasteiger partial charge in [0, 0.05) is 0 Å². The van der Waals surface area contributed by atoms with Gasteiger partial charge in [-0.1, -0.05) is 0 Å². The van der Waals surface area contributed by atoms with Crippen LogP contribution in [-0.2, 0) is 0 Å². The quantitative estimate of drug-likeness (QED) is 0.530. The van der Waals surface area contributed by atoms with Crippen LogP contribution in [0.5, 0.6) is 0 Å². The molecular formula is C12H10Cl2O4Te. The van der Waals surface area contributed by atoms with Crippen LogP contribution in [-0.4, -0.2) is 27.5 Å². The van der Waals surface area contributed by atoms with Crippen molar-refractivity contribution in [3.63, 3.8) is 0 Å². The zero-order valence-electron chi connectivity index (χ0n) is 9.68. The topological polar surface area (TPSA) is 60.4 Å². The normalized spacial score (nSPS) is 12.3. The van der Waals surface area contributed by atoms with Crippen molar-refractivity contribution in [2.24, 2.45) is 0 Å². The molecule has 2 heterocycles. The molecule has 0 N–H and O–H groups in total. The zero-order valence-corrected chi connectivity index (χ0v) is 13.5. The van der Waals surface area contributed by atoms with Crippen LogP contribution in [0.4, 0.5) is 0 Å². The fraction of sp³-hybridized carbons (Fsp3) is 0.167. The van der Waals surface area contributed by atoms with E-state index in [0.29, 0.717) is 0 Å². The molecule has 0 aliphatic carbocycles. The second-order valence-electron chi connectivity index (χ2n) is 3.79. The summed E-state index contributed by atoms with van der Waals surface area (Å²) in [6.45, 7) is 0. The van der Waals surface area contributed by atoms with Crippen molar-refractivity contribution in [1.82, 2.24) is 0 Å². The van der Waals surface area contributed by atoms with Crippen LogP contribution in [0.15, 0.2) is 45.6 Å². The predicted octanol–water partition coefficient (Wildman–Crippen LogP) is 3.86. The Kier molecular flexibility index (Phi) is 4.75. The number of carbonyl (C=O) groups excluding carboxylic acids is 2. The number of hydrogen-bond acceptors (Lipinski definition) is 4. The van der Waals surface area contributed by atoms with Crippen molar-refractivity contribution in [3.8, 4) is 0 Å². The number of Topliss-reactive ketones (excluding diaryl/α,β-unsaturated/α-hetero) is 2. The summed E-state index contributed by atoms with van der Waals surface area (Å²) in [4.78, 5) is 23.7. The van der Waals surface area contributed by atoms with Gasteiger partial charge in [-0.05, 0) is 0 Å². The van der Waals surface area contributed by atoms with Crippen LogP contribution in [0.1, 0.15) is 21.1 Å². The second kappa shape index (κ2) is 6.15. The molecule has 0 saturated heterocycles. The molecule has 0 fully saturated rings. The molecule has 2 aromatic rings. The first kappa shape index (κ1) is 14.7. The van der Waals surface area contributed by atoms with Crippen molar-refractivity contribution in [3.05, 3.63) is 48.3 Å². The number of furan rings is 2. The Balaban J connectivity index is 1.99. The van der Waals surface area contributed by atoms with Crippen LogP contribution in [0, 0.1) is 0 Å². The summed E-state index contributed by atoms with van der Waals surface area (Å²) in [5.74, 6) is -0.128. The van der Waals surface area contributed by atoms with Gasteiger partial charge in [-0.2, -0.15) is 0 Å². The SMILES string of the molecule is O=C(C[Te](Cl)(Cl)CC(=O)c1ccco1)c1ccco1. The summed E-state index contributed by atoms with van der Waals surface area (Å²) in [6, 6.07) is 6.31. The average Bonchev–Trinajstić information content (AvgIpc) is 3.01. The van der Waals surface area contributed by atoms with Gasteiger partial charge in [-0.25, -0.2) is 0 Å². The van der Waals surface area contributed by atoms with E-state index >= 15 is 0 Å². The molecule has 0 aromatic carbocycles. The van der Waals surface area contributed by atoms with Crippen molar-refractivity contribution < 1.29 is 18.4 Å². The summed E-state index contributed by atoms with van der Waals surface area (Å²) in [6.07, 6.45) is 2.80. The fourth-order valence-corrected chi connectivity index (χ4v) is 7.40. The van der Waals surface area contributed by atoms with Crippen LogP contribution in [0.3, 0.4) is 0 Å². The summed E-state index contributed by atoms with van der Waals surface area (Å²) < 4.78 is 9.91. The molecule has 0 amide bonds. The second-order valence-corrected chi connectivity index (χ2v) is 18.4. The van der Waals surface area contributed by atoms with Gasteiger partial charge in [-0.3, -0.25) is 0 Å². The minimum atomic E-state index is -3.58. The molecule has 0 aliphatic heterocycles. The van der Waals surface area contributed by atoms with Gasteiger partial charge >= 0.3 is 121 Å². The molecule has 0 bridgehead atoms. The van der Waals surface area contributed by atoms with Gasteiger partial charge < -0.3 is 0 Å². The molecule has 4 nitrogen and oxygen atoms in total. The first-order chi connectivity index (χ1) is 8.98. The number of hydrogen-bond donors (Lipinski definition) is 0. The van der Waals surface area contributed by atoms with Crippen molar-refractivity contribution in [2.75, 3.05) is 0 Å². The molecular weight excluding hydrogens is 407 g/mol. The molecule has 0 aliphatic rings. The van der Waals surface area contributed by atoms with Gasteiger partial charge in [-0.15, -0.1) is 0 Å². The molecule has 0 atom stereocenters. The van der Waals surface area contributed by atoms with Crippen LogP contribution >= 0.6 is 17.9 Å². The third kappa shape index (κ3) is 4.12.